The Morgan fingerprint density at radius 1 is 1.23 bits per heavy atom. The number of benzene rings is 1. The number of rotatable bonds is 6. The number of anilines is 1. The van der Waals surface area contributed by atoms with Crippen LogP contribution in [0.2, 0.25) is 0 Å². The Hall–Kier alpha value is -2.23. The van der Waals surface area contributed by atoms with Gasteiger partial charge >= 0.3 is 4.87 Å². The van der Waals surface area contributed by atoms with Gasteiger partial charge in [0.2, 0.25) is 10.0 Å². The fourth-order valence-electron chi connectivity index (χ4n) is 2.45. The molecule has 2 heterocycles. The highest BCUT2D eigenvalue weighted by molar-refractivity contribution is 7.89. The van der Waals surface area contributed by atoms with Gasteiger partial charge in [-0.1, -0.05) is 41.7 Å². The lowest BCUT2D eigenvalue weighted by atomic mass is 10.1. The van der Waals surface area contributed by atoms with Crippen LogP contribution in [0.4, 0.5) is 5.69 Å². The predicted octanol–water partition coefficient (Wildman–Crippen LogP) is 1.97. The van der Waals surface area contributed by atoms with Crippen molar-refractivity contribution >= 4 is 27.0 Å². The molecule has 138 valence electrons. The highest BCUT2D eigenvalue weighted by Crippen LogP contribution is 2.32. The van der Waals surface area contributed by atoms with E-state index in [1.54, 1.807) is 38.1 Å². The Bertz CT molecular complexity index is 1040. The molecule has 26 heavy (non-hydrogen) atoms. The molecule has 0 unspecified atom stereocenters. The lowest BCUT2D eigenvalue weighted by Gasteiger charge is -2.26. The second kappa shape index (κ2) is 6.82. The number of aliphatic hydroxyl groups excluding tert-OH is 1. The van der Waals surface area contributed by atoms with Crippen LogP contribution in [0, 0.1) is 0 Å². The minimum Gasteiger partial charge on any atom is -0.394 e. The third-order valence-electron chi connectivity index (χ3n) is 3.77. The van der Waals surface area contributed by atoms with Crippen LogP contribution >= 0.6 is 11.3 Å². The maximum Gasteiger partial charge on any atom is 0.327 e. The van der Waals surface area contributed by atoms with Crippen LogP contribution in [-0.2, 0) is 15.8 Å². The molecule has 0 aliphatic carbocycles. The molecule has 0 radical (unpaired) electrons. The van der Waals surface area contributed by atoms with E-state index in [0.29, 0.717) is 21.8 Å². The monoisotopic (exact) mass is 393 g/mol. The van der Waals surface area contributed by atoms with Crippen molar-refractivity contribution in [1.29, 1.82) is 0 Å². The molecule has 1 aromatic carbocycles. The molecule has 0 aromatic heterocycles. The molecule has 1 aromatic rings. The lowest BCUT2D eigenvalue weighted by Crippen LogP contribution is -2.35. The van der Waals surface area contributed by atoms with Crippen LogP contribution in [-0.4, -0.2) is 34.6 Å². The first-order valence-electron chi connectivity index (χ1n) is 7.89. The molecule has 3 rings (SSSR count). The fraction of sp³-hybridized carbons (Fsp3) is 0.294. The minimum absolute atomic E-state index is 0.171. The third kappa shape index (κ3) is 3.95. The van der Waals surface area contributed by atoms with Gasteiger partial charge < -0.3 is 10.4 Å². The summed E-state index contributed by atoms with van der Waals surface area (Å²) < 4.78 is 26.8. The molecule has 7 nitrogen and oxygen atoms in total. The van der Waals surface area contributed by atoms with Crippen molar-refractivity contribution in [3.63, 3.8) is 0 Å². The van der Waals surface area contributed by atoms with E-state index in [1.165, 1.54) is 12.4 Å². The Morgan fingerprint density at radius 2 is 1.92 bits per heavy atom. The average Bonchev–Trinajstić information content (AvgIpc) is 2.96. The van der Waals surface area contributed by atoms with Gasteiger partial charge in [0, 0.05) is 12.4 Å². The summed E-state index contributed by atoms with van der Waals surface area (Å²) in [6.45, 7) is 3.35. The molecular formula is C17H19N3O4S2. The summed E-state index contributed by atoms with van der Waals surface area (Å²) in [5.74, 6) is -0.171. The number of nitrogens with zero attached hydrogens (tertiary/aromatic N) is 2. The summed E-state index contributed by atoms with van der Waals surface area (Å²) in [7, 11) is -3.69. The summed E-state index contributed by atoms with van der Waals surface area (Å²) in [6.07, 6.45) is 2.81. The number of fused-ring (bicyclic) bond motifs is 1. The van der Waals surface area contributed by atoms with Crippen molar-refractivity contribution in [2.45, 2.75) is 25.1 Å². The number of nitrogens with one attached hydrogen (secondary N) is 1. The summed E-state index contributed by atoms with van der Waals surface area (Å²) in [5, 5.41) is 12.6. The number of aromatic nitrogens is 2. The maximum atomic E-state index is 12.8. The highest BCUT2D eigenvalue weighted by atomic mass is 32.2. The molecule has 0 saturated carbocycles. The van der Waals surface area contributed by atoms with Crippen molar-refractivity contribution in [2.24, 2.45) is 0 Å². The summed E-state index contributed by atoms with van der Waals surface area (Å²) >= 11 is 0.882. The molecule has 2 aliphatic rings. The quantitative estimate of drug-likeness (QED) is 0.664. The van der Waals surface area contributed by atoms with Gasteiger partial charge in [-0.2, -0.15) is 4.98 Å². The van der Waals surface area contributed by atoms with E-state index in [2.05, 4.69) is 10.3 Å². The smallest absolute Gasteiger partial charge is 0.327 e. The van der Waals surface area contributed by atoms with Gasteiger partial charge in [-0.3, -0.25) is 4.79 Å². The molecular weight excluding hydrogens is 374 g/mol. The molecule has 9 heteroatoms. The SMILES string of the molecule is CC(C)(CO)Nc1cn(S(=O)(=O)Cc2ccccc2)cc2sc(=O)nc1-2. The molecule has 0 amide bonds. The number of hydrogen-bond donors (Lipinski definition) is 2. The van der Waals surface area contributed by atoms with Crippen molar-refractivity contribution in [1.82, 2.24) is 8.96 Å². The van der Waals surface area contributed by atoms with Crippen LogP contribution in [0.15, 0.2) is 47.5 Å². The first-order valence-corrected chi connectivity index (χ1v) is 10.3. The summed E-state index contributed by atoms with van der Waals surface area (Å²) in [5.41, 5.74) is 0.741. The first kappa shape index (κ1) is 18.6. The number of hydrogen-bond acceptors (Lipinski definition) is 7. The zero-order valence-electron chi connectivity index (χ0n) is 14.3. The Morgan fingerprint density at radius 3 is 2.58 bits per heavy atom. The molecule has 2 aliphatic heterocycles. The van der Waals surface area contributed by atoms with Crippen LogP contribution in [0.3, 0.4) is 0 Å². The van der Waals surface area contributed by atoms with Crippen molar-refractivity contribution in [3.05, 3.63) is 58.0 Å². The average molecular weight is 393 g/mol. The van der Waals surface area contributed by atoms with Crippen LogP contribution < -0.4 is 10.2 Å². The molecule has 0 bridgehead atoms. The van der Waals surface area contributed by atoms with Crippen molar-refractivity contribution < 1.29 is 13.5 Å². The zero-order chi connectivity index (χ0) is 18.9. The maximum absolute atomic E-state index is 12.8. The van der Waals surface area contributed by atoms with E-state index in [0.717, 1.165) is 15.3 Å². The van der Waals surface area contributed by atoms with E-state index in [-0.39, 0.29) is 12.4 Å². The van der Waals surface area contributed by atoms with Crippen molar-refractivity contribution in [3.8, 4) is 10.6 Å². The molecule has 0 fully saturated rings. The number of pyridine rings is 1. The Balaban J connectivity index is 2.09. The van der Waals surface area contributed by atoms with Crippen LogP contribution in [0.25, 0.3) is 10.6 Å². The first-order chi connectivity index (χ1) is 12.2. The predicted molar refractivity (Wildman–Crippen MR) is 102 cm³/mol. The van der Waals surface area contributed by atoms with Gasteiger partial charge in [0.1, 0.15) is 5.69 Å². The Labute approximate surface area is 155 Å². The van der Waals surface area contributed by atoms with Gasteiger partial charge in [0.05, 0.1) is 28.5 Å². The highest BCUT2D eigenvalue weighted by Gasteiger charge is 2.24. The van der Waals surface area contributed by atoms with Crippen LogP contribution in [0.1, 0.15) is 19.4 Å². The zero-order valence-corrected chi connectivity index (χ0v) is 16.0. The second-order valence-corrected chi connectivity index (χ2v) is 9.47. The van der Waals surface area contributed by atoms with Gasteiger partial charge in [-0.05, 0) is 19.4 Å². The van der Waals surface area contributed by atoms with Gasteiger partial charge in [0.15, 0.2) is 0 Å². The molecule has 0 atom stereocenters. The number of thiazole rings is 1. The van der Waals surface area contributed by atoms with E-state index in [4.69, 9.17) is 0 Å². The lowest BCUT2D eigenvalue weighted by molar-refractivity contribution is 0.234. The summed E-state index contributed by atoms with van der Waals surface area (Å²) in [4.78, 5) is 15.7. The normalized spacial score (nSPS) is 12.4. The van der Waals surface area contributed by atoms with E-state index < -0.39 is 20.4 Å². The van der Waals surface area contributed by atoms with Gasteiger partial charge in [0.25, 0.3) is 0 Å². The topological polar surface area (TPSA) is 101 Å². The largest absolute Gasteiger partial charge is 0.394 e. The van der Waals surface area contributed by atoms with Crippen LogP contribution in [0.5, 0.6) is 0 Å². The number of aliphatic hydroxyl groups is 1. The molecule has 2 N–H and O–H groups in total. The van der Waals surface area contributed by atoms with E-state index in [9.17, 15) is 18.3 Å². The molecule has 0 saturated heterocycles. The standard InChI is InChI=1S/C17H19N3O4S2/c1-17(2,11-21)19-13-8-20(9-14-15(13)18-16(22)25-14)26(23,24)10-12-6-4-3-5-7-12/h3-9,19,21H,10-11H2,1-2H3. The second-order valence-electron chi connectivity index (χ2n) is 6.60. The third-order valence-corrected chi connectivity index (χ3v) is 6.11. The molecule has 0 spiro atoms. The summed E-state index contributed by atoms with van der Waals surface area (Å²) in [6, 6.07) is 8.87. The van der Waals surface area contributed by atoms with E-state index in [1.807, 2.05) is 6.07 Å². The van der Waals surface area contributed by atoms with E-state index >= 15 is 0 Å². The van der Waals surface area contributed by atoms with Gasteiger partial charge in [-0.15, -0.1) is 0 Å². The van der Waals surface area contributed by atoms with Crippen molar-refractivity contribution in [2.75, 3.05) is 11.9 Å². The fourth-order valence-corrected chi connectivity index (χ4v) is 4.55. The minimum atomic E-state index is -3.69. The van der Waals surface area contributed by atoms with Gasteiger partial charge in [-0.25, -0.2) is 12.4 Å². The Kier molecular flexibility index (Phi) is 4.87.